The molecule has 1 aliphatic rings. The van der Waals surface area contributed by atoms with E-state index in [1.807, 2.05) is 0 Å². The number of anilines is 6. The van der Waals surface area contributed by atoms with Gasteiger partial charge in [-0.2, -0.15) is 0 Å². The van der Waals surface area contributed by atoms with Crippen LogP contribution in [0, 0.1) is 0 Å². The first-order valence-corrected chi connectivity index (χ1v) is 26.4. The molecule has 11 aromatic carbocycles. The van der Waals surface area contributed by atoms with Gasteiger partial charge in [0.05, 0.1) is 31.8 Å². The van der Waals surface area contributed by atoms with E-state index in [0.29, 0.717) is 0 Å². The van der Waals surface area contributed by atoms with Crippen molar-refractivity contribution in [3.63, 3.8) is 0 Å². The maximum Gasteiger partial charge on any atom is 0.124 e. The second-order valence-corrected chi connectivity index (χ2v) is 21.5. The van der Waals surface area contributed by atoms with Crippen LogP contribution >= 0.6 is 22.7 Å². The van der Waals surface area contributed by atoms with Gasteiger partial charge in [-0.1, -0.05) is 141 Å². The van der Waals surface area contributed by atoms with Crippen molar-refractivity contribution in [3.05, 3.63) is 254 Å². The average molecular weight is 971 g/mol. The molecule has 1 aliphatic carbocycles. The maximum atomic E-state index is 4.97. The van der Waals surface area contributed by atoms with E-state index in [0.717, 1.165) is 66.3 Å². The van der Waals surface area contributed by atoms with Gasteiger partial charge in [-0.15, -0.1) is 22.7 Å². The van der Waals surface area contributed by atoms with E-state index < -0.39 is 0 Å². The van der Waals surface area contributed by atoms with E-state index >= 15 is 0 Å². The van der Waals surface area contributed by atoms with Crippen molar-refractivity contribution in [2.45, 2.75) is 19.3 Å². The highest BCUT2D eigenvalue weighted by molar-refractivity contribution is 7.22. The Kier molecular flexibility index (Phi) is 10.2. The lowest BCUT2D eigenvalue weighted by Gasteiger charge is -2.29. The molecule has 4 nitrogen and oxygen atoms in total. The lowest BCUT2D eigenvalue weighted by molar-refractivity contribution is 0.660. The van der Waals surface area contributed by atoms with Gasteiger partial charge in [0.15, 0.2) is 0 Å². The summed E-state index contributed by atoms with van der Waals surface area (Å²) in [7, 11) is 0. The fraction of sp³-hybridized carbons (Fsp3) is 0.0448. The van der Waals surface area contributed by atoms with E-state index in [4.69, 9.17) is 9.97 Å². The zero-order chi connectivity index (χ0) is 48.6. The minimum absolute atomic E-state index is 0.250. The molecule has 0 aliphatic heterocycles. The number of benzene rings is 11. The van der Waals surface area contributed by atoms with Crippen LogP contribution in [0.3, 0.4) is 0 Å². The Hall–Kier alpha value is -8.68. The molecule has 0 atom stereocenters. The predicted molar refractivity (Wildman–Crippen MR) is 311 cm³/mol. The molecule has 346 valence electrons. The van der Waals surface area contributed by atoms with Crippen LogP contribution < -0.4 is 9.80 Å². The van der Waals surface area contributed by atoms with E-state index in [1.165, 1.54) is 64.3 Å². The topological polar surface area (TPSA) is 32.3 Å². The summed E-state index contributed by atoms with van der Waals surface area (Å²) in [5.41, 5.74) is 18.4. The standard InChI is InChI=1S/C67H46N4S2/c1-67(2)57-41-48(43-25-32-49(33-26-43)70(61-21-11-15-44-13-3-5-17-53(44)61)50-34-27-46(28-35-50)65-68-59-19-7-9-23-63(59)72-65)31-39-55(57)56-40-38-52(42-58(56)67)71(62-22-12-16-45-14-4-6-18-54(45)62)51-36-29-47(30-37-51)66-69-60-20-8-10-24-64(60)73-66/h3-42H,1-2H3. The third kappa shape index (κ3) is 7.40. The maximum absolute atomic E-state index is 4.97. The number of rotatable bonds is 9. The molecule has 0 radical (unpaired) electrons. The first-order valence-electron chi connectivity index (χ1n) is 24.8. The van der Waals surface area contributed by atoms with Crippen LogP contribution in [0.4, 0.5) is 34.1 Å². The molecule has 73 heavy (non-hydrogen) atoms. The summed E-state index contributed by atoms with van der Waals surface area (Å²) < 4.78 is 2.40. The van der Waals surface area contributed by atoms with Crippen molar-refractivity contribution in [2.24, 2.45) is 0 Å². The van der Waals surface area contributed by atoms with Gasteiger partial charge in [-0.05, 0) is 159 Å². The fourth-order valence-electron chi connectivity index (χ4n) is 11.0. The van der Waals surface area contributed by atoms with Gasteiger partial charge in [0.1, 0.15) is 10.0 Å². The monoisotopic (exact) mass is 970 g/mol. The Balaban J connectivity index is 0.806. The Morgan fingerprint density at radius 2 is 0.740 bits per heavy atom. The minimum Gasteiger partial charge on any atom is -0.310 e. The van der Waals surface area contributed by atoms with Gasteiger partial charge >= 0.3 is 0 Å². The van der Waals surface area contributed by atoms with Gasteiger partial charge in [0.2, 0.25) is 0 Å². The zero-order valence-electron chi connectivity index (χ0n) is 40.2. The molecule has 6 heteroatoms. The van der Waals surface area contributed by atoms with E-state index in [1.54, 1.807) is 22.7 Å². The largest absolute Gasteiger partial charge is 0.310 e. The summed E-state index contributed by atoms with van der Waals surface area (Å²) in [6, 6.07) is 88.3. The number of fused-ring (bicyclic) bond motifs is 7. The Morgan fingerprint density at radius 1 is 0.342 bits per heavy atom. The Morgan fingerprint density at radius 3 is 1.26 bits per heavy atom. The van der Waals surface area contributed by atoms with Gasteiger partial charge in [-0.25, -0.2) is 9.97 Å². The number of nitrogens with zero attached hydrogens (tertiary/aromatic N) is 4. The second-order valence-electron chi connectivity index (χ2n) is 19.4. The molecule has 2 heterocycles. The second kappa shape index (κ2) is 17.3. The number of aromatic nitrogens is 2. The van der Waals surface area contributed by atoms with Crippen LogP contribution in [0.15, 0.2) is 243 Å². The molecule has 0 fully saturated rings. The van der Waals surface area contributed by atoms with Crippen LogP contribution in [0.5, 0.6) is 0 Å². The highest BCUT2D eigenvalue weighted by Crippen LogP contribution is 2.52. The Labute approximate surface area is 432 Å². The smallest absolute Gasteiger partial charge is 0.124 e. The number of thiazole rings is 2. The molecule has 14 rings (SSSR count). The third-order valence-corrected chi connectivity index (χ3v) is 16.9. The quantitative estimate of drug-likeness (QED) is 0.144. The van der Waals surface area contributed by atoms with Crippen molar-refractivity contribution in [1.82, 2.24) is 9.97 Å². The summed E-state index contributed by atoms with van der Waals surface area (Å²) in [5, 5.41) is 6.88. The Bertz CT molecular complexity index is 4170. The van der Waals surface area contributed by atoms with Gasteiger partial charge in [0, 0.05) is 50.1 Å². The van der Waals surface area contributed by atoms with Crippen LogP contribution in [0.2, 0.25) is 0 Å². The molecule has 13 aromatic rings. The fourth-order valence-corrected chi connectivity index (χ4v) is 12.9. The summed E-state index contributed by atoms with van der Waals surface area (Å²) in [6.45, 7) is 4.76. The van der Waals surface area contributed by atoms with Crippen molar-refractivity contribution in [3.8, 4) is 43.4 Å². The molecule has 0 amide bonds. The van der Waals surface area contributed by atoms with E-state index in [-0.39, 0.29) is 5.41 Å². The van der Waals surface area contributed by atoms with Crippen LogP contribution in [-0.2, 0) is 5.41 Å². The summed E-state index contributed by atoms with van der Waals surface area (Å²) in [4.78, 5) is 14.7. The van der Waals surface area contributed by atoms with Crippen molar-refractivity contribution < 1.29 is 0 Å². The molecule has 0 bridgehead atoms. The van der Waals surface area contributed by atoms with Gasteiger partial charge in [0.25, 0.3) is 0 Å². The van der Waals surface area contributed by atoms with Crippen LogP contribution in [0.25, 0.3) is 85.4 Å². The SMILES string of the molecule is CC1(C)c2cc(-c3ccc(N(c4ccc(-c5nc6ccccc6s5)cc4)c4cccc5ccccc45)cc3)ccc2-c2ccc(N(c3ccc(-c4nc5ccccc5s4)cc3)c3cccc4ccccc34)cc21. The minimum atomic E-state index is -0.250. The van der Waals surface area contributed by atoms with Crippen molar-refractivity contribution in [1.29, 1.82) is 0 Å². The average Bonchev–Trinajstić information content (AvgIpc) is 4.15. The number of hydrogen-bond donors (Lipinski definition) is 0. The van der Waals surface area contributed by atoms with Gasteiger partial charge < -0.3 is 9.80 Å². The molecule has 0 saturated heterocycles. The molecule has 2 aromatic heterocycles. The van der Waals surface area contributed by atoms with Crippen molar-refractivity contribution >= 4 is 98.8 Å². The van der Waals surface area contributed by atoms with E-state index in [2.05, 4.69) is 266 Å². The molecule has 0 spiro atoms. The first-order chi connectivity index (χ1) is 35.9. The molecule has 0 saturated carbocycles. The third-order valence-electron chi connectivity index (χ3n) is 14.7. The summed E-state index contributed by atoms with van der Waals surface area (Å²) in [5.74, 6) is 0. The molecular formula is C67H46N4S2. The first kappa shape index (κ1) is 43.1. The highest BCUT2D eigenvalue weighted by atomic mass is 32.1. The summed E-state index contributed by atoms with van der Waals surface area (Å²) >= 11 is 3.47. The van der Waals surface area contributed by atoms with Crippen LogP contribution in [-0.4, -0.2) is 9.97 Å². The molecule has 0 N–H and O–H groups in total. The van der Waals surface area contributed by atoms with Crippen LogP contribution in [0.1, 0.15) is 25.0 Å². The number of hydrogen-bond acceptors (Lipinski definition) is 6. The molecular weight excluding hydrogens is 925 g/mol. The highest BCUT2D eigenvalue weighted by Gasteiger charge is 2.36. The predicted octanol–water partition coefficient (Wildman–Crippen LogP) is 19.5. The normalized spacial score (nSPS) is 12.6. The van der Waals surface area contributed by atoms with Crippen molar-refractivity contribution in [2.75, 3.05) is 9.80 Å². The molecule has 0 unspecified atom stereocenters. The van der Waals surface area contributed by atoms with E-state index in [9.17, 15) is 0 Å². The number of para-hydroxylation sites is 2. The lowest BCUT2D eigenvalue weighted by atomic mass is 9.81. The van der Waals surface area contributed by atoms with Gasteiger partial charge in [-0.3, -0.25) is 0 Å². The zero-order valence-corrected chi connectivity index (χ0v) is 41.8. The summed E-state index contributed by atoms with van der Waals surface area (Å²) in [6.07, 6.45) is 0. The lowest BCUT2D eigenvalue weighted by Crippen LogP contribution is -2.17.